The van der Waals surface area contributed by atoms with Gasteiger partial charge in [-0.3, -0.25) is 4.98 Å². The molecule has 0 aliphatic heterocycles. The van der Waals surface area contributed by atoms with Crippen LogP contribution in [0.5, 0.6) is 0 Å². The van der Waals surface area contributed by atoms with Crippen LogP contribution in [-0.4, -0.2) is 19.9 Å². The minimum atomic E-state index is 0.656. The van der Waals surface area contributed by atoms with Crippen LogP contribution in [0.1, 0.15) is 0 Å². The molecule has 4 nitrogen and oxygen atoms in total. The number of aromatic nitrogens is 4. The molecule has 0 saturated heterocycles. The second-order valence-corrected chi connectivity index (χ2v) is 6.85. The van der Waals surface area contributed by atoms with E-state index in [4.69, 9.17) is 15.0 Å². The van der Waals surface area contributed by atoms with Crippen molar-refractivity contribution in [3.05, 3.63) is 109 Å². The van der Waals surface area contributed by atoms with Crippen LogP contribution in [0.25, 0.3) is 45.3 Å². The van der Waals surface area contributed by atoms with Gasteiger partial charge in [0, 0.05) is 29.1 Å². The first-order valence-electron chi connectivity index (χ1n) is 9.74. The van der Waals surface area contributed by atoms with Gasteiger partial charge in [-0.15, -0.1) is 0 Å². The molecule has 0 unspecified atom stereocenters. The van der Waals surface area contributed by atoms with Gasteiger partial charge >= 0.3 is 0 Å². The molecular formula is C26H18N4. The highest BCUT2D eigenvalue weighted by atomic mass is 15.0. The Kier molecular flexibility index (Phi) is 4.80. The van der Waals surface area contributed by atoms with Gasteiger partial charge in [-0.05, 0) is 23.3 Å². The molecule has 2 aromatic heterocycles. The number of hydrogen-bond donors (Lipinski definition) is 0. The summed E-state index contributed by atoms with van der Waals surface area (Å²) in [4.78, 5) is 18.4. The van der Waals surface area contributed by atoms with Crippen LogP contribution >= 0.6 is 0 Å². The minimum Gasteiger partial charge on any atom is -0.265 e. The van der Waals surface area contributed by atoms with Crippen LogP contribution in [0.2, 0.25) is 0 Å². The summed E-state index contributed by atoms with van der Waals surface area (Å²) in [6.07, 6.45) is 3.60. The molecular weight excluding hydrogens is 368 g/mol. The SMILES string of the molecule is c1ccc(-c2nc(-c3ccccc3)nc(-c3ccc(-c4ccncc4)cc3)n2)cc1. The quantitative estimate of drug-likeness (QED) is 0.384. The predicted octanol–water partition coefficient (Wildman–Crippen LogP) is 5.93. The van der Waals surface area contributed by atoms with Crippen molar-refractivity contribution >= 4 is 0 Å². The van der Waals surface area contributed by atoms with Crippen molar-refractivity contribution in [2.45, 2.75) is 0 Å². The van der Waals surface area contributed by atoms with Crippen molar-refractivity contribution in [3.8, 4) is 45.3 Å². The molecule has 2 heterocycles. The second-order valence-electron chi connectivity index (χ2n) is 6.85. The van der Waals surface area contributed by atoms with Crippen LogP contribution in [-0.2, 0) is 0 Å². The first-order valence-corrected chi connectivity index (χ1v) is 9.74. The molecule has 0 aliphatic carbocycles. The van der Waals surface area contributed by atoms with Crippen LogP contribution in [0, 0.1) is 0 Å². The van der Waals surface area contributed by atoms with E-state index in [0.29, 0.717) is 17.5 Å². The highest BCUT2D eigenvalue weighted by Gasteiger charge is 2.12. The number of nitrogens with zero attached hydrogens (tertiary/aromatic N) is 4. The number of rotatable bonds is 4. The molecule has 0 amide bonds. The summed E-state index contributed by atoms with van der Waals surface area (Å²) < 4.78 is 0. The zero-order chi connectivity index (χ0) is 20.2. The maximum absolute atomic E-state index is 4.77. The molecule has 3 aromatic carbocycles. The fourth-order valence-corrected chi connectivity index (χ4v) is 3.29. The molecule has 0 bridgehead atoms. The molecule has 0 spiro atoms. The largest absolute Gasteiger partial charge is 0.265 e. The van der Waals surface area contributed by atoms with Gasteiger partial charge in [0.05, 0.1) is 0 Å². The molecule has 0 N–H and O–H groups in total. The van der Waals surface area contributed by atoms with Gasteiger partial charge in [-0.25, -0.2) is 15.0 Å². The van der Waals surface area contributed by atoms with Crippen molar-refractivity contribution in [2.24, 2.45) is 0 Å². The van der Waals surface area contributed by atoms with E-state index in [1.54, 1.807) is 12.4 Å². The van der Waals surface area contributed by atoms with E-state index in [9.17, 15) is 0 Å². The Morgan fingerprint density at radius 3 is 1.17 bits per heavy atom. The van der Waals surface area contributed by atoms with Crippen molar-refractivity contribution < 1.29 is 0 Å². The standard InChI is InChI=1S/C26H18N4/c1-3-7-21(8-4-1)24-28-25(22-9-5-2-6-10-22)30-26(29-24)23-13-11-19(12-14-23)20-15-17-27-18-16-20/h1-18H. The molecule has 0 aliphatic rings. The lowest BCUT2D eigenvalue weighted by Gasteiger charge is -2.09. The van der Waals surface area contributed by atoms with E-state index in [-0.39, 0.29) is 0 Å². The van der Waals surface area contributed by atoms with E-state index in [0.717, 1.165) is 27.8 Å². The number of pyridine rings is 1. The van der Waals surface area contributed by atoms with Gasteiger partial charge in [0.1, 0.15) is 0 Å². The first-order chi connectivity index (χ1) is 14.9. The summed E-state index contributed by atoms with van der Waals surface area (Å²) in [5.41, 5.74) is 5.13. The zero-order valence-corrected chi connectivity index (χ0v) is 16.2. The molecule has 0 atom stereocenters. The fourth-order valence-electron chi connectivity index (χ4n) is 3.29. The van der Waals surface area contributed by atoms with Gasteiger partial charge in [-0.2, -0.15) is 0 Å². The third-order valence-electron chi connectivity index (χ3n) is 4.86. The van der Waals surface area contributed by atoms with E-state index in [2.05, 4.69) is 29.2 Å². The number of hydrogen-bond acceptors (Lipinski definition) is 4. The maximum Gasteiger partial charge on any atom is 0.164 e. The summed E-state index contributed by atoms with van der Waals surface area (Å²) in [7, 11) is 0. The van der Waals surface area contributed by atoms with Crippen molar-refractivity contribution in [3.63, 3.8) is 0 Å². The molecule has 0 fully saturated rings. The van der Waals surface area contributed by atoms with Crippen LogP contribution in [0.3, 0.4) is 0 Å². The average Bonchev–Trinajstić information content (AvgIpc) is 2.85. The number of benzene rings is 3. The first kappa shape index (κ1) is 17.9. The molecule has 142 valence electrons. The lowest BCUT2D eigenvalue weighted by atomic mass is 10.0. The Morgan fingerprint density at radius 1 is 0.333 bits per heavy atom. The lowest BCUT2D eigenvalue weighted by molar-refractivity contribution is 1.07. The van der Waals surface area contributed by atoms with Gasteiger partial charge in [-0.1, -0.05) is 84.9 Å². The third-order valence-corrected chi connectivity index (χ3v) is 4.86. The highest BCUT2D eigenvalue weighted by Crippen LogP contribution is 2.26. The molecule has 30 heavy (non-hydrogen) atoms. The zero-order valence-electron chi connectivity index (χ0n) is 16.2. The Labute approximate surface area is 175 Å². The Morgan fingerprint density at radius 2 is 0.700 bits per heavy atom. The molecule has 0 radical (unpaired) electrons. The van der Waals surface area contributed by atoms with Crippen LogP contribution in [0.4, 0.5) is 0 Å². The fraction of sp³-hybridized carbons (Fsp3) is 0. The normalized spacial score (nSPS) is 10.7. The van der Waals surface area contributed by atoms with E-state index >= 15 is 0 Å². The van der Waals surface area contributed by atoms with Crippen molar-refractivity contribution in [1.29, 1.82) is 0 Å². The third kappa shape index (κ3) is 3.71. The van der Waals surface area contributed by atoms with E-state index in [1.807, 2.05) is 72.8 Å². The smallest absolute Gasteiger partial charge is 0.164 e. The Balaban J connectivity index is 1.60. The molecule has 5 rings (SSSR count). The van der Waals surface area contributed by atoms with E-state index in [1.165, 1.54) is 0 Å². The van der Waals surface area contributed by atoms with Gasteiger partial charge in [0.2, 0.25) is 0 Å². The monoisotopic (exact) mass is 386 g/mol. The van der Waals surface area contributed by atoms with E-state index < -0.39 is 0 Å². The van der Waals surface area contributed by atoms with Crippen LogP contribution in [0.15, 0.2) is 109 Å². The van der Waals surface area contributed by atoms with Gasteiger partial charge in [0.15, 0.2) is 17.5 Å². The molecule has 0 saturated carbocycles. The maximum atomic E-state index is 4.77. The molecule has 4 heteroatoms. The topological polar surface area (TPSA) is 51.6 Å². The second kappa shape index (κ2) is 8.05. The highest BCUT2D eigenvalue weighted by molar-refractivity contribution is 5.70. The Hall–Kier alpha value is -4.18. The average molecular weight is 386 g/mol. The minimum absolute atomic E-state index is 0.656. The predicted molar refractivity (Wildman–Crippen MR) is 119 cm³/mol. The summed E-state index contributed by atoms with van der Waals surface area (Å²) in [6.45, 7) is 0. The van der Waals surface area contributed by atoms with Crippen molar-refractivity contribution in [1.82, 2.24) is 19.9 Å². The summed E-state index contributed by atoms with van der Waals surface area (Å²) >= 11 is 0. The van der Waals surface area contributed by atoms with Crippen molar-refractivity contribution in [2.75, 3.05) is 0 Å². The van der Waals surface area contributed by atoms with Crippen LogP contribution < -0.4 is 0 Å². The summed E-state index contributed by atoms with van der Waals surface area (Å²) in [6, 6.07) is 32.3. The Bertz CT molecular complexity index is 1200. The summed E-state index contributed by atoms with van der Waals surface area (Å²) in [5.74, 6) is 1.99. The molecule has 5 aromatic rings. The van der Waals surface area contributed by atoms with Gasteiger partial charge in [0.25, 0.3) is 0 Å². The summed E-state index contributed by atoms with van der Waals surface area (Å²) in [5, 5.41) is 0. The van der Waals surface area contributed by atoms with Gasteiger partial charge < -0.3 is 0 Å². The lowest BCUT2D eigenvalue weighted by Crippen LogP contribution is -2.00.